The molecule has 0 amide bonds. The fourth-order valence-electron chi connectivity index (χ4n) is 1.11. The highest BCUT2D eigenvalue weighted by Crippen LogP contribution is 2.28. The molecule has 1 aromatic carbocycles. The molecule has 0 aliphatic heterocycles. The Bertz CT molecular complexity index is 363. The SMILES string of the molecule is CN(C)Cc1c(F)c(F)c(Br)c(F)c1F. The zero-order chi connectivity index (χ0) is 11.7. The molecule has 0 heterocycles. The van der Waals surface area contributed by atoms with Crippen LogP contribution < -0.4 is 0 Å². The van der Waals surface area contributed by atoms with Crippen molar-refractivity contribution in [3.8, 4) is 0 Å². The van der Waals surface area contributed by atoms with Gasteiger partial charge in [0.25, 0.3) is 0 Å². The van der Waals surface area contributed by atoms with Crippen LogP contribution in [0, 0.1) is 23.3 Å². The van der Waals surface area contributed by atoms with Crippen LogP contribution >= 0.6 is 15.9 Å². The molecule has 1 nitrogen and oxygen atoms in total. The van der Waals surface area contributed by atoms with E-state index < -0.39 is 33.3 Å². The van der Waals surface area contributed by atoms with Crippen LogP contribution in [0.3, 0.4) is 0 Å². The van der Waals surface area contributed by atoms with Gasteiger partial charge in [0, 0.05) is 12.1 Å². The summed E-state index contributed by atoms with van der Waals surface area (Å²) in [5, 5.41) is 0. The first-order valence-electron chi connectivity index (χ1n) is 4.01. The van der Waals surface area contributed by atoms with E-state index >= 15 is 0 Å². The predicted octanol–water partition coefficient (Wildman–Crippen LogP) is 3.07. The highest BCUT2D eigenvalue weighted by atomic mass is 79.9. The Balaban J connectivity index is 3.39. The maximum absolute atomic E-state index is 13.2. The molecular weight excluding hydrogens is 278 g/mol. The fourth-order valence-corrected chi connectivity index (χ4v) is 1.45. The summed E-state index contributed by atoms with van der Waals surface area (Å²) in [4.78, 5) is 1.41. The minimum Gasteiger partial charge on any atom is -0.305 e. The minimum atomic E-state index is -1.41. The van der Waals surface area contributed by atoms with E-state index in [1.54, 1.807) is 0 Å². The number of benzene rings is 1. The van der Waals surface area contributed by atoms with Gasteiger partial charge in [-0.15, -0.1) is 0 Å². The largest absolute Gasteiger partial charge is 0.305 e. The first-order valence-corrected chi connectivity index (χ1v) is 4.80. The van der Waals surface area contributed by atoms with E-state index in [0.29, 0.717) is 0 Å². The average Bonchev–Trinajstić information content (AvgIpc) is 2.18. The summed E-state index contributed by atoms with van der Waals surface area (Å²) in [7, 11) is 3.08. The number of nitrogens with zero attached hydrogens (tertiary/aromatic N) is 1. The van der Waals surface area contributed by atoms with Crippen LogP contribution in [0.25, 0.3) is 0 Å². The van der Waals surface area contributed by atoms with Crippen LogP contribution in [0.2, 0.25) is 0 Å². The van der Waals surface area contributed by atoms with Crippen molar-refractivity contribution in [3.63, 3.8) is 0 Å². The van der Waals surface area contributed by atoms with E-state index in [4.69, 9.17) is 0 Å². The molecule has 1 rings (SSSR count). The van der Waals surface area contributed by atoms with Crippen molar-refractivity contribution < 1.29 is 17.6 Å². The molecule has 0 saturated heterocycles. The molecule has 0 fully saturated rings. The van der Waals surface area contributed by atoms with Gasteiger partial charge in [0.2, 0.25) is 0 Å². The molecule has 0 unspecified atom stereocenters. The Kier molecular flexibility index (Phi) is 3.72. The monoisotopic (exact) mass is 285 g/mol. The third-order valence-electron chi connectivity index (χ3n) is 1.78. The van der Waals surface area contributed by atoms with Crippen molar-refractivity contribution in [3.05, 3.63) is 33.3 Å². The molecule has 0 atom stereocenters. The van der Waals surface area contributed by atoms with E-state index in [2.05, 4.69) is 15.9 Å². The third-order valence-corrected chi connectivity index (χ3v) is 2.47. The first-order chi connectivity index (χ1) is 6.86. The van der Waals surface area contributed by atoms with Crippen LogP contribution in [0.15, 0.2) is 4.47 Å². The number of hydrogen-bond acceptors (Lipinski definition) is 1. The Morgan fingerprint density at radius 2 is 1.33 bits per heavy atom. The molecule has 6 heteroatoms. The van der Waals surface area contributed by atoms with Gasteiger partial charge in [-0.25, -0.2) is 17.6 Å². The van der Waals surface area contributed by atoms with Crippen LogP contribution in [-0.2, 0) is 6.54 Å². The standard InChI is InChI=1S/C9H8BrF4N/c1-15(2)3-4-6(11)8(13)5(10)9(14)7(4)12/h3H2,1-2H3. The highest BCUT2D eigenvalue weighted by Gasteiger charge is 2.23. The second-order valence-electron chi connectivity index (χ2n) is 3.29. The van der Waals surface area contributed by atoms with Crippen molar-refractivity contribution in [1.29, 1.82) is 0 Å². The molecule has 15 heavy (non-hydrogen) atoms. The molecule has 0 bridgehead atoms. The molecule has 0 saturated carbocycles. The van der Waals surface area contributed by atoms with Crippen LogP contribution in [-0.4, -0.2) is 19.0 Å². The van der Waals surface area contributed by atoms with Crippen molar-refractivity contribution in [2.45, 2.75) is 6.54 Å². The number of hydrogen-bond donors (Lipinski definition) is 0. The lowest BCUT2D eigenvalue weighted by molar-refractivity contribution is 0.360. The summed E-state index contributed by atoms with van der Waals surface area (Å²) in [6.45, 7) is -0.210. The number of rotatable bonds is 2. The van der Waals surface area contributed by atoms with E-state index in [9.17, 15) is 17.6 Å². The van der Waals surface area contributed by atoms with Crippen LogP contribution in [0.5, 0.6) is 0 Å². The van der Waals surface area contributed by atoms with Gasteiger partial charge in [-0.2, -0.15) is 0 Å². The molecule has 0 spiro atoms. The molecule has 0 aliphatic rings. The minimum absolute atomic E-state index is 0.210. The van der Waals surface area contributed by atoms with Gasteiger partial charge in [0.1, 0.15) is 0 Å². The number of halogens is 5. The maximum Gasteiger partial charge on any atom is 0.176 e. The summed E-state index contributed by atoms with van der Waals surface area (Å²) < 4.78 is 51.7. The van der Waals surface area contributed by atoms with Gasteiger partial charge in [0.15, 0.2) is 23.3 Å². The van der Waals surface area contributed by atoms with Crippen molar-refractivity contribution in [2.75, 3.05) is 14.1 Å². The Morgan fingerprint density at radius 1 is 0.933 bits per heavy atom. The Labute approximate surface area is 92.8 Å². The summed E-state index contributed by atoms with van der Waals surface area (Å²) in [6.07, 6.45) is 0. The lowest BCUT2D eigenvalue weighted by atomic mass is 10.1. The smallest absolute Gasteiger partial charge is 0.176 e. The topological polar surface area (TPSA) is 3.24 Å². The Hall–Kier alpha value is -0.620. The molecular formula is C9H8BrF4N. The quantitative estimate of drug-likeness (QED) is 0.459. The van der Waals surface area contributed by atoms with Crippen molar-refractivity contribution in [2.24, 2.45) is 0 Å². The lowest BCUT2D eigenvalue weighted by Gasteiger charge is -2.13. The summed E-state index contributed by atoms with van der Waals surface area (Å²) in [5.41, 5.74) is -0.613. The summed E-state index contributed by atoms with van der Waals surface area (Å²) in [5.74, 6) is -5.56. The normalized spacial score (nSPS) is 11.2. The molecule has 0 radical (unpaired) electrons. The van der Waals surface area contributed by atoms with Crippen molar-refractivity contribution >= 4 is 15.9 Å². The lowest BCUT2D eigenvalue weighted by Crippen LogP contribution is -2.15. The zero-order valence-corrected chi connectivity index (χ0v) is 9.63. The van der Waals surface area contributed by atoms with E-state index in [1.807, 2.05) is 0 Å². The fraction of sp³-hybridized carbons (Fsp3) is 0.333. The van der Waals surface area contributed by atoms with Crippen LogP contribution in [0.1, 0.15) is 5.56 Å². The molecule has 0 aliphatic carbocycles. The molecule has 84 valence electrons. The van der Waals surface area contributed by atoms with Gasteiger partial charge in [0.05, 0.1) is 4.47 Å². The first kappa shape index (κ1) is 12.4. The van der Waals surface area contributed by atoms with Crippen molar-refractivity contribution in [1.82, 2.24) is 4.90 Å². The summed E-state index contributed by atoms with van der Waals surface area (Å²) >= 11 is 2.44. The van der Waals surface area contributed by atoms with E-state index in [0.717, 1.165) is 0 Å². The third kappa shape index (κ3) is 2.31. The average molecular weight is 286 g/mol. The van der Waals surface area contributed by atoms with E-state index in [1.165, 1.54) is 19.0 Å². The van der Waals surface area contributed by atoms with Gasteiger partial charge in [-0.1, -0.05) is 0 Å². The van der Waals surface area contributed by atoms with E-state index in [-0.39, 0.29) is 6.54 Å². The van der Waals surface area contributed by atoms with Gasteiger partial charge in [-0.05, 0) is 30.0 Å². The highest BCUT2D eigenvalue weighted by molar-refractivity contribution is 9.10. The van der Waals surface area contributed by atoms with Gasteiger partial charge in [-0.3, -0.25) is 0 Å². The second kappa shape index (κ2) is 4.49. The predicted molar refractivity (Wildman–Crippen MR) is 51.4 cm³/mol. The second-order valence-corrected chi connectivity index (χ2v) is 4.08. The van der Waals surface area contributed by atoms with Gasteiger partial charge >= 0.3 is 0 Å². The molecule has 1 aromatic rings. The summed E-state index contributed by atoms with van der Waals surface area (Å²) in [6, 6.07) is 0. The molecule has 0 N–H and O–H groups in total. The maximum atomic E-state index is 13.2. The molecule has 0 aromatic heterocycles. The van der Waals surface area contributed by atoms with Gasteiger partial charge < -0.3 is 4.90 Å². The Morgan fingerprint density at radius 3 is 1.67 bits per heavy atom. The zero-order valence-electron chi connectivity index (χ0n) is 8.04. The van der Waals surface area contributed by atoms with Crippen LogP contribution in [0.4, 0.5) is 17.6 Å².